The number of hydrogen-bond acceptors (Lipinski definition) is 8. The third kappa shape index (κ3) is 6.44. The van der Waals surface area contributed by atoms with Gasteiger partial charge in [-0.05, 0) is 25.7 Å². The zero-order valence-electron chi connectivity index (χ0n) is 23.0. The minimum Gasteiger partial charge on any atom is -0.446 e. The SMILES string of the molecule is CCC[C@H]1O[C@H](COC(=O)N2CCC2)[C@@H](OC(=O)N2CCC2)[C@H](OC(=O)N2CCC2)[C@H]1NC(=O)C(C)(C)C. The standard InChI is InChI=1S/C26H42N4O8/c1-5-9-17-19(27-22(31)26(2,3)4)21(38-25(34)30-14-8-15-30)20(37-24(33)29-12-7-13-29)18(36-17)16-35-23(32)28-10-6-11-28/h17-21H,5-16H2,1-4H3,(H,27,31)/t17-,18-,19+,20-,21-/m1/s1. The van der Waals surface area contributed by atoms with E-state index in [0.717, 1.165) is 25.7 Å². The Morgan fingerprint density at radius 2 is 1.29 bits per heavy atom. The molecule has 38 heavy (non-hydrogen) atoms. The van der Waals surface area contributed by atoms with Crippen molar-refractivity contribution in [1.29, 1.82) is 0 Å². The molecule has 4 heterocycles. The molecular formula is C26H42N4O8. The van der Waals surface area contributed by atoms with Gasteiger partial charge in [-0.3, -0.25) is 4.79 Å². The van der Waals surface area contributed by atoms with E-state index in [2.05, 4.69) is 5.32 Å². The predicted molar refractivity (Wildman–Crippen MR) is 135 cm³/mol. The lowest BCUT2D eigenvalue weighted by Gasteiger charge is -2.47. The number of carbonyl (C=O) groups excluding carboxylic acids is 4. The van der Waals surface area contributed by atoms with Gasteiger partial charge in [-0.1, -0.05) is 34.1 Å². The van der Waals surface area contributed by atoms with Crippen molar-refractivity contribution in [2.45, 2.75) is 90.3 Å². The summed E-state index contributed by atoms with van der Waals surface area (Å²) in [6, 6.07) is -0.761. The molecule has 12 nitrogen and oxygen atoms in total. The first-order valence-electron chi connectivity index (χ1n) is 13.9. The number of carbonyl (C=O) groups is 4. The van der Waals surface area contributed by atoms with Gasteiger partial charge in [-0.15, -0.1) is 0 Å². The quantitative estimate of drug-likeness (QED) is 0.490. The van der Waals surface area contributed by atoms with Crippen LogP contribution in [0.1, 0.15) is 59.8 Å². The Labute approximate surface area is 224 Å². The minimum atomic E-state index is -1.09. The normalized spacial score (nSPS) is 28.8. The highest BCUT2D eigenvalue weighted by atomic mass is 16.6. The van der Waals surface area contributed by atoms with E-state index in [-0.39, 0.29) is 12.5 Å². The van der Waals surface area contributed by atoms with Crippen LogP contribution < -0.4 is 5.32 Å². The molecule has 1 N–H and O–H groups in total. The van der Waals surface area contributed by atoms with Crippen LogP contribution >= 0.6 is 0 Å². The summed E-state index contributed by atoms with van der Waals surface area (Å²) in [6.45, 7) is 10.8. The van der Waals surface area contributed by atoms with Crippen LogP contribution in [0.2, 0.25) is 0 Å². The summed E-state index contributed by atoms with van der Waals surface area (Å²) in [5.74, 6) is -0.243. The molecule has 4 fully saturated rings. The fourth-order valence-corrected chi connectivity index (χ4v) is 4.63. The molecule has 4 amide bonds. The maximum Gasteiger partial charge on any atom is 0.410 e. The van der Waals surface area contributed by atoms with Crippen LogP contribution in [0.25, 0.3) is 0 Å². The monoisotopic (exact) mass is 538 g/mol. The van der Waals surface area contributed by atoms with Gasteiger partial charge < -0.3 is 39.0 Å². The molecule has 0 aromatic rings. The topological polar surface area (TPSA) is 127 Å². The van der Waals surface area contributed by atoms with Gasteiger partial charge in [0.1, 0.15) is 12.7 Å². The van der Waals surface area contributed by atoms with Crippen LogP contribution in [0.3, 0.4) is 0 Å². The third-order valence-electron chi connectivity index (χ3n) is 7.53. The summed E-state index contributed by atoms with van der Waals surface area (Å²) >= 11 is 0. The molecule has 4 saturated heterocycles. The van der Waals surface area contributed by atoms with Crippen LogP contribution in [0, 0.1) is 5.41 Å². The van der Waals surface area contributed by atoms with E-state index >= 15 is 0 Å². The summed E-state index contributed by atoms with van der Waals surface area (Å²) in [7, 11) is 0. The van der Waals surface area contributed by atoms with Gasteiger partial charge in [-0.25, -0.2) is 14.4 Å². The molecule has 0 saturated carbocycles. The number of nitrogens with one attached hydrogen (secondary N) is 1. The summed E-state index contributed by atoms with van der Waals surface area (Å²) in [4.78, 5) is 56.3. The van der Waals surface area contributed by atoms with Gasteiger partial charge in [-0.2, -0.15) is 0 Å². The number of rotatable bonds is 7. The Morgan fingerprint density at radius 1 is 0.789 bits per heavy atom. The highest BCUT2D eigenvalue weighted by molar-refractivity contribution is 5.82. The second-order valence-electron chi connectivity index (χ2n) is 11.5. The van der Waals surface area contributed by atoms with Gasteiger partial charge >= 0.3 is 18.3 Å². The van der Waals surface area contributed by atoms with Crippen LogP contribution in [-0.2, 0) is 23.7 Å². The molecule has 0 spiro atoms. The van der Waals surface area contributed by atoms with Gasteiger partial charge in [0.25, 0.3) is 0 Å². The summed E-state index contributed by atoms with van der Waals surface area (Å²) in [5.41, 5.74) is -0.712. The van der Waals surface area contributed by atoms with Crippen LogP contribution in [0.5, 0.6) is 0 Å². The molecule has 0 unspecified atom stereocenters. The third-order valence-corrected chi connectivity index (χ3v) is 7.53. The minimum absolute atomic E-state index is 0.175. The van der Waals surface area contributed by atoms with Crippen molar-refractivity contribution >= 4 is 24.2 Å². The van der Waals surface area contributed by atoms with Crippen LogP contribution in [0.4, 0.5) is 14.4 Å². The maximum atomic E-state index is 13.1. The van der Waals surface area contributed by atoms with Crippen LogP contribution in [0.15, 0.2) is 0 Å². The zero-order chi connectivity index (χ0) is 27.4. The van der Waals surface area contributed by atoms with Crippen molar-refractivity contribution in [2.75, 3.05) is 45.9 Å². The van der Waals surface area contributed by atoms with Crippen molar-refractivity contribution in [3.63, 3.8) is 0 Å². The highest BCUT2D eigenvalue weighted by Gasteiger charge is 2.52. The fourth-order valence-electron chi connectivity index (χ4n) is 4.63. The molecule has 4 aliphatic rings. The number of likely N-dealkylation sites (tertiary alicyclic amines) is 3. The first kappa shape index (κ1) is 28.3. The molecule has 0 radical (unpaired) electrons. The Balaban J connectivity index is 1.62. The van der Waals surface area contributed by atoms with Gasteiger partial charge in [0.2, 0.25) is 5.91 Å². The lowest BCUT2D eigenvalue weighted by molar-refractivity contribution is -0.202. The van der Waals surface area contributed by atoms with Crippen molar-refractivity contribution in [2.24, 2.45) is 5.41 Å². The van der Waals surface area contributed by atoms with E-state index in [1.54, 1.807) is 35.5 Å². The van der Waals surface area contributed by atoms with Gasteiger partial charge in [0, 0.05) is 44.7 Å². The Kier molecular flexibility index (Phi) is 8.89. The smallest absolute Gasteiger partial charge is 0.410 e. The van der Waals surface area contributed by atoms with E-state index in [0.29, 0.717) is 45.7 Å². The molecular weight excluding hydrogens is 496 g/mol. The van der Waals surface area contributed by atoms with E-state index in [1.807, 2.05) is 6.92 Å². The van der Waals surface area contributed by atoms with Crippen molar-refractivity contribution in [3.05, 3.63) is 0 Å². The van der Waals surface area contributed by atoms with Crippen molar-refractivity contribution in [3.8, 4) is 0 Å². The lowest BCUT2D eigenvalue weighted by Crippen LogP contribution is -2.68. The van der Waals surface area contributed by atoms with E-state index < -0.39 is 54.2 Å². The molecule has 0 bridgehead atoms. The Bertz CT molecular complexity index is 881. The molecule has 0 aromatic heterocycles. The molecule has 5 atom stereocenters. The summed E-state index contributed by atoms with van der Waals surface area (Å²) < 4.78 is 23.9. The molecule has 4 aliphatic heterocycles. The molecule has 214 valence electrons. The Morgan fingerprint density at radius 3 is 1.74 bits per heavy atom. The number of amides is 4. The first-order valence-corrected chi connectivity index (χ1v) is 13.9. The highest BCUT2D eigenvalue weighted by Crippen LogP contribution is 2.31. The number of nitrogens with zero attached hydrogens (tertiary/aromatic N) is 3. The molecule has 0 aliphatic carbocycles. The average Bonchev–Trinajstić information content (AvgIpc) is 2.72. The van der Waals surface area contributed by atoms with Crippen molar-refractivity contribution in [1.82, 2.24) is 20.0 Å². The summed E-state index contributed by atoms with van der Waals surface area (Å²) in [6.07, 6.45) is -1.12. The molecule has 0 aromatic carbocycles. The van der Waals surface area contributed by atoms with Gasteiger partial charge in [0.05, 0.1) is 12.1 Å². The van der Waals surface area contributed by atoms with Crippen molar-refractivity contribution < 1.29 is 38.1 Å². The Hall–Kier alpha value is -2.76. The largest absolute Gasteiger partial charge is 0.446 e. The van der Waals surface area contributed by atoms with Gasteiger partial charge in [0.15, 0.2) is 12.2 Å². The second kappa shape index (κ2) is 12.0. The van der Waals surface area contributed by atoms with E-state index in [4.69, 9.17) is 18.9 Å². The predicted octanol–water partition coefficient (Wildman–Crippen LogP) is 2.35. The molecule has 12 heteroatoms. The number of hydrogen-bond donors (Lipinski definition) is 1. The first-order chi connectivity index (χ1) is 18.1. The van der Waals surface area contributed by atoms with E-state index in [1.165, 1.54) is 0 Å². The fraction of sp³-hybridized carbons (Fsp3) is 0.846. The number of ether oxygens (including phenoxy) is 4. The lowest BCUT2D eigenvalue weighted by atomic mass is 9.88. The average molecular weight is 539 g/mol. The second-order valence-corrected chi connectivity index (χ2v) is 11.5. The summed E-state index contributed by atoms with van der Waals surface area (Å²) in [5, 5.41) is 3.03. The zero-order valence-corrected chi connectivity index (χ0v) is 23.0. The maximum absolute atomic E-state index is 13.1. The molecule has 4 rings (SSSR count). The van der Waals surface area contributed by atoms with E-state index in [9.17, 15) is 19.2 Å². The van der Waals surface area contributed by atoms with Crippen LogP contribution in [-0.4, -0.2) is 115 Å².